The molecule has 208 valence electrons. The molecule has 6 rings (SSSR count). The average Bonchev–Trinajstić information content (AvgIpc) is 3.58. The number of nitrogens with zero attached hydrogens (tertiary/aromatic N) is 4. The Morgan fingerprint density at radius 3 is 2.56 bits per heavy atom. The van der Waals surface area contributed by atoms with Crippen LogP contribution < -0.4 is 10.3 Å². The standard InChI is InChI=1S/C29H25N5O6S/c1-14-21(25(29(39)40)34-24(14)22(15(2)35)27(34)38)19-11-33-13-31-23(28(33)41-19)26(37)18-8-17(16-6-4-3-5-7-16)9-32(10-18)12-20(30)36/h3-11,13-15,22,24,35H,12H2,1-2H3,(H2-,30,36,39,40)/p+1/t14-,15+,22+,24+/m0/s1. The maximum Gasteiger partial charge on any atom is 0.352 e. The summed E-state index contributed by atoms with van der Waals surface area (Å²) in [5.74, 6) is -3.59. The molecular formula is C29H26N5O6S+. The normalized spacial score (nSPS) is 20.7. The monoisotopic (exact) mass is 572 g/mol. The van der Waals surface area contributed by atoms with E-state index in [1.807, 2.05) is 37.3 Å². The van der Waals surface area contributed by atoms with Crippen LogP contribution in [0.1, 0.15) is 34.8 Å². The summed E-state index contributed by atoms with van der Waals surface area (Å²) in [6.07, 6.45) is 5.59. The van der Waals surface area contributed by atoms with Crippen LogP contribution in [0, 0.1) is 11.8 Å². The number of fused-ring (bicyclic) bond motifs is 2. The number of pyridine rings is 1. The first kappa shape index (κ1) is 26.5. The van der Waals surface area contributed by atoms with Crippen molar-refractivity contribution in [2.45, 2.75) is 32.5 Å². The lowest BCUT2D eigenvalue weighted by Gasteiger charge is -2.46. The number of carbonyl (C=O) groups excluding carboxylic acids is 3. The summed E-state index contributed by atoms with van der Waals surface area (Å²) < 4.78 is 3.23. The molecule has 0 bridgehead atoms. The number of carbonyl (C=O) groups is 4. The van der Waals surface area contributed by atoms with E-state index in [1.54, 1.807) is 33.6 Å². The number of aliphatic hydroxyl groups is 1. The van der Waals surface area contributed by atoms with Crippen LogP contribution >= 0.6 is 11.3 Å². The highest BCUT2D eigenvalue weighted by Gasteiger charge is 2.60. The lowest BCUT2D eigenvalue weighted by Crippen LogP contribution is -2.63. The Kier molecular flexibility index (Phi) is 6.31. The molecule has 4 aromatic rings. The van der Waals surface area contributed by atoms with E-state index in [0.29, 0.717) is 20.8 Å². The lowest BCUT2D eigenvalue weighted by atomic mass is 9.77. The first-order chi connectivity index (χ1) is 19.6. The topological polar surface area (TPSA) is 159 Å². The number of aromatic nitrogens is 3. The van der Waals surface area contributed by atoms with Gasteiger partial charge in [-0.3, -0.25) is 18.8 Å². The number of amides is 2. The zero-order chi connectivity index (χ0) is 29.2. The third-order valence-electron chi connectivity index (χ3n) is 7.69. The quantitative estimate of drug-likeness (QED) is 0.165. The lowest BCUT2D eigenvalue weighted by molar-refractivity contribution is -0.683. The van der Waals surface area contributed by atoms with Crippen molar-refractivity contribution >= 4 is 45.3 Å². The highest BCUT2D eigenvalue weighted by molar-refractivity contribution is 7.18. The van der Waals surface area contributed by atoms with E-state index in [-0.39, 0.29) is 29.6 Å². The van der Waals surface area contributed by atoms with E-state index >= 15 is 0 Å². The minimum atomic E-state index is -1.23. The van der Waals surface area contributed by atoms with Crippen LogP contribution in [0.25, 0.3) is 21.5 Å². The Labute approximate surface area is 237 Å². The van der Waals surface area contributed by atoms with Crippen LogP contribution in [0.5, 0.6) is 0 Å². The van der Waals surface area contributed by atoms with Crippen LogP contribution in [0.15, 0.2) is 67.0 Å². The van der Waals surface area contributed by atoms with E-state index in [2.05, 4.69) is 4.98 Å². The number of carboxylic acid groups (broad SMARTS) is 1. The Hall–Kier alpha value is -4.68. The molecule has 2 aliphatic heterocycles. The Balaban J connectivity index is 1.42. The molecule has 41 heavy (non-hydrogen) atoms. The number of carboxylic acids is 1. The van der Waals surface area contributed by atoms with Crippen LogP contribution in [0.3, 0.4) is 0 Å². The second-order valence-corrected chi connectivity index (χ2v) is 11.4. The van der Waals surface area contributed by atoms with Crippen LogP contribution in [-0.2, 0) is 20.9 Å². The molecule has 0 spiro atoms. The number of β-lactam (4-membered cyclic amide) rings is 1. The second kappa shape index (κ2) is 9.75. The molecule has 3 aromatic heterocycles. The van der Waals surface area contributed by atoms with Crippen molar-refractivity contribution in [3.05, 3.63) is 83.1 Å². The molecule has 4 atom stereocenters. The minimum Gasteiger partial charge on any atom is -0.477 e. The fourth-order valence-corrected chi connectivity index (χ4v) is 7.14. The molecule has 0 saturated carbocycles. The Morgan fingerprint density at radius 1 is 1.17 bits per heavy atom. The maximum absolute atomic E-state index is 13.8. The first-order valence-corrected chi connectivity index (χ1v) is 13.8. The largest absolute Gasteiger partial charge is 0.477 e. The number of imidazole rings is 1. The molecule has 0 aliphatic carbocycles. The summed E-state index contributed by atoms with van der Waals surface area (Å²) in [6, 6.07) is 10.7. The number of hydrogen-bond donors (Lipinski definition) is 3. The first-order valence-electron chi connectivity index (χ1n) is 12.9. The number of nitrogens with two attached hydrogens (primary N) is 1. The van der Waals surface area contributed by atoms with Gasteiger partial charge in [0.05, 0.1) is 28.5 Å². The number of aliphatic hydroxyl groups excluding tert-OH is 1. The van der Waals surface area contributed by atoms with Crippen molar-refractivity contribution in [1.82, 2.24) is 14.3 Å². The third kappa shape index (κ3) is 4.23. The van der Waals surface area contributed by atoms with Crippen LogP contribution in [0.4, 0.5) is 0 Å². The fourth-order valence-electron chi connectivity index (χ4n) is 5.93. The van der Waals surface area contributed by atoms with Gasteiger partial charge in [-0.1, -0.05) is 37.3 Å². The minimum absolute atomic E-state index is 0.0993. The Bertz CT molecular complexity index is 1790. The summed E-state index contributed by atoms with van der Waals surface area (Å²) in [5.41, 5.74) is 7.86. The molecule has 4 N–H and O–H groups in total. The van der Waals surface area contributed by atoms with Gasteiger partial charge in [-0.25, -0.2) is 9.78 Å². The highest BCUT2D eigenvalue weighted by Crippen LogP contribution is 2.51. The number of ketones is 1. The van der Waals surface area contributed by atoms with Crippen molar-refractivity contribution in [3.63, 3.8) is 0 Å². The van der Waals surface area contributed by atoms with Crippen molar-refractivity contribution in [2.75, 3.05) is 0 Å². The molecule has 12 heteroatoms. The molecule has 0 radical (unpaired) electrons. The molecule has 2 amide bonds. The number of aliphatic carboxylic acids is 1. The van der Waals surface area contributed by atoms with Gasteiger partial charge < -0.3 is 20.8 Å². The van der Waals surface area contributed by atoms with E-state index < -0.39 is 35.8 Å². The van der Waals surface area contributed by atoms with Gasteiger partial charge in [0.15, 0.2) is 12.4 Å². The van der Waals surface area contributed by atoms with E-state index in [0.717, 1.165) is 11.1 Å². The molecule has 5 heterocycles. The summed E-state index contributed by atoms with van der Waals surface area (Å²) >= 11 is 1.21. The van der Waals surface area contributed by atoms with Gasteiger partial charge in [-0.05, 0) is 18.6 Å². The number of rotatable bonds is 8. The molecule has 1 aromatic carbocycles. The van der Waals surface area contributed by atoms with Crippen molar-refractivity contribution in [3.8, 4) is 11.1 Å². The van der Waals surface area contributed by atoms with Gasteiger partial charge >= 0.3 is 5.97 Å². The van der Waals surface area contributed by atoms with Crippen LogP contribution in [0.2, 0.25) is 0 Å². The fraction of sp³-hybridized carbons (Fsp3) is 0.241. The molecule has 1 fully saturated rings. The molecule has 2 aliphatic rings. The van der Waals surface area contributed by atoms with E-state index in [4.69, 9.17) is 5.73 Å². The van der Waals surface area contributed by atoms with Gasteiger partial charge in [0.2, 0.25) is 18.2 Å². The zero-order valence-corrected chi connectivity index (χ0v) is 22.9. The average molecular weight is 573 g/mol. The number of hydrogen-bond acceptors (Lipinski definition) is 7. The van der Waals surface area contributed by atoms with Gasteiger partial charge in [0.25, 0.3) is 5.91 Å². The zero-order valence-electron chi connectivity index (χ0n) is 22.1. The number of thiazole rings is 1. The van der Waals surface area contributed by atoms with Crippen molar-refractivity contribution in [2.24, 2.45) is 17.6 Å². The van der Waals surface area contributed by atoms with Gasteiger partial charge in [-0.2, -0.15) is 4.57 Å². The van der Waals surface area contributed by atoms with E-state index in [1.165, 1.54) is 29.5 Å². The predicted molar refractivity (Wildman–Crippen MR) is 147 cm³/mol. The summed E-state index contributed by atoms with van der Waals surface area (Å²) in [7, 11) is 0. The molecular weight excluding hydrogens is 546 g/mol. The molecule has 0 unspecified atom stereocenters. The SMILES string of the molecule is C[C@@H](O)[C@H]1C(=O)N2C(C(=O)O)=C(c3cn4cnc(C(=O)c5cc(-c6ccccc6)c[n+](CC(N)=O)c5)c4s3)[C@H](C)[C@H]12. The van der Waals surface area contributed by atoms with Gasteiger partial charge in [0, 0.05) is 23.3 Å². The second-order valence-electron chi connectivity index (χ2n) is 10.4. The highest BCUT2D eigenvalue weighted by atomic mass is 32.1. The summed E-state index contributed by atoms with van der Waals surface area (Å²) in [6.45, 7) is 3.26. The predicted octanol–water partition coefficient (Wildman–Crippen LogP) is 1.72. The molecule has 11 nitrogen and oxygen atoms in total. The number of benzene rings is 1. The van der Waals surface area contributed by atoms with E-state index in [9.17, 15) is 29.4 Å². The maximum atomic E-state index is 13.8. The van der Waals surface area contributed by atoms with Gasteiger partial charge in [0.1, 0.15) is 22.5 Å². The third-order valence-corrected chi connectivity index (χ3v) is 8.84. The van der Waals surface area contributed by atoms with Crippen molar-refractivity contribution in [1.29, 1.82) is 0 Å². The Morgan fingerprint density at radius 2 is 1.90 bits per heavy atom. The van der Waals surface area contributed by atoms with Crippen molar-refractivity contribution < 1.29 is 34.0 Å². The summed E-state index contributed by atoms with van der Waals surface area (Å²) in [4.78, 5) is 57.2. The summed E-state index contributed by atoms with van der Waals surface area (Å²) in [5, 5.41) is 20.2. The van der Waals surface area contributed by atoms with Crippen LogP contribution in [-0.4, -0.2) is 60.2 Å². The number of primary amides is 1. The van der Waals surface area contributed by atoms with Gasteiger partial charge in [-0.15, -0.1) is 11.3 Å². The smallest absolute Gasteiger partial charge is 0.352 e. The molecule has 1 saturated heterocycles.